The van der Waals surface area contributed by atoms with Crippen molar-refractivity contribution in [2.45, 2.75) is 19.8 Å². The lowest BCUT2D eigenvalue weighted by molar-refractivity contribution is 0.0683. The molecule has 1 fully saturated rings. The zero-order valence-corrected chi connectivity index (χ0v) is 11.5. The fourth-order valence-corrected chi connectivity index (χ4v) is 2.80. The van der Waals surface area contributed by atoms with Gasteiger partial charge in [-0.25, -0.2) is 4.39 Å². The zero-order chi connectivity index (χ0) is 14.1. The van der Waals surface area contributed by atoms with Crippen LogP contribution in [0.3, 0.4) is 0 Å². The molecule has 1 amide bonds. The molecule has 2 aromatic rings. The summed E-state index contributed by atoms with van der Waals surface area (Å²) in [5, 5.41) is 0.668. The summed E-state index contributed by atoms with van der Waals surface area (Å²) < 4.78 is 13.6. The van der Waals surface area contributed by atoms with Crippen molar-refractivity contribution in [2.75, 3.05) is 13.1 Å². The largest absolute Gasteiger partial charge is 0.338 e. The summed E-state index contributed by atoms with van der Waals surface area (Å²) in [6.45, 7) is 3.75. The molecule has 104 valence electrons. The smallest absolute Gasteiger partial charge is 0.255 e. The van der Waals surface area contributed by atoms with Crippen molar-refractivity contribution in [1.29, 1.82) is 0 Å². The topological polar surface area (TPSA) is 33.2 Å². The summed E-state index contributed by atoms with van der Waals surface area (Å²) in [6.07, 6.45) is 3.69. The van der Waals surface area contributed by atoms with Crippen molar-refractivity contribution in [2.24, 2.45) is 5.92 Å². The van der Waals surface area contributed by atoms with E-state index in [9.17, 15) is 9.18 Å². The molecule has 20 heavy (non-hydrogen) atoms. The lowest BCUT2D eigenvalue weighted by atomic mass is 9.99. The number of pyridine rings is 1. The molecule has 0 bridgehead atoms. The maximum atomic E-state index is 13.6. The summed E-state index contributed by atoms with van der Waals surface area (Å²) in [5.74, 6) is 0.182. The molecule has 4 heteroatoms. The Bertz CT molecular complexity index is 656. The van der Waals surface area contributed by atoms with Crippen molar-refractivity contribution in [3.63, 3.8) is 0 Å². The number of aromatic nitrogens is 1. The predicted octanol–water partition coefficient (Wildman–Crippen LogP) is 3.25. The van der Waals surface area contributed by atoms with E-state index in [1.807, 2.05) is 4.90 Å². The van der Waals surface area contributed by atoms with Crippen LogP contribution in [0.1, 0.15) is 30.1 Å². The summed E-state index contributed by atoms with van der Waals surface area (Å²) >= 11 is 0. The second-order valence-electron chi connectivity index (χ2n) is 5.53. The molecule has 1 aliphatic rings. The average Bonchev–Trinajstić information content (AvgIpc) is 2.46. The maximum absolute atomic E-state index is 13.6. The molecule has 1 unspecified atom stereocenters. The van der Waals surface area contributed by atoms with Crippen molar-refractivity contribution >= 4 is 16.8 Å². The van der Waals surface area contributed by atoms with Crippen LogP contribution in [0, 0.1) is 11.7 Å². The van der Waals surface area contributed by atoms with Crippen LogP contribution in [-0.4, -0.2) is 28.9 Å². The fraction of sp³-hybridized carbons (Fsp3) is 0.375. The molecule has 0 radical (unpaired) electrons. The van der Waals surface area contributed by atoms with E-state index in [-0.39, 0.29) is 11.7 Å². The molecular formula is C16H17FN2O. The first-order valence-electron chi connectivity index (χ1n) is 6.98. The molecule has 1 aromatic heterocycles. The summed E-state index contributed by atoms with van der Waals surface area (Å²) in [4.78, 5) is 18.4. The lowest BCUT2D eigenvalue weighted by Crippen LogP contribution is -2.39. The van der Waals surface area contributed by atoms with Crippen molar-refractivity contribution in [3.8, 4) is 0 Å². The minimum atomic E-state index is -0.354. The Morgan fingerprint density at radius 2 is 2.30 bits per heavy atom. The highest BCUT2D eigenvalue weighted by atomic mass is 19.1. The molecule has 3 rings (SSSR count). The van der Waals surface area contributed by atoms with Crippen LogP contribution in [0.15, 0.2) is 30.5 Å². The van der Waals surface area contributed by atoms with Crippen LogP contribution in [0.5, 0.6) is 0 Å². The minimum absolute atomic E-state index is 0.00443. The number of likely N-dealkylation sites (tertiary alicyclic amines) is 1. The highest BCUT2D eigenvalue weighted by Crippen LogP contribution is 2.20. The van der Waals surface area contributed by atoms with E-state index in [1.165, 1.54) is 18.7 Å². The van der Waals surface area contributed by atoms with E-state index in [4.69, 9.17) is 0 Å². The van der Waals surface area contributed by atoms with E-state index in [1.54, 1.807) is 18.2 Å². The van der Waals surface area contributed by atoms with Crippen LogP contribution in [-0.2, 0) is 0 Å². The third kappa shape index (κ3) is 2.38. The van der Waals surface area contributed by atoms with Gasteiger partial charge < -0.3 is 4.90 Å². The number of halogens is 1. The monoisotopic (exact) mass is 272 g/mol. The lowest BCUT2D eigenvalue weighted by Gasteiger charge is -2.30. The Kier molecular flexibility index (Phi) is 3.38. The minimum Gasteiger partial charge on any atom is -0.338 e. The number of carbonyl (C=O) groups is 1. The standard InChI is InChI=1S/C16H17FN2O/c1-11-4-3-7-19(10-11)16(20)13-8-12-5-2-6-14(17)15(12)18-9-13/h2,5-6,8-9,11H,3-4,7,10H2,1H3. The average molecular weight is 272 g/mol. The van der Waals surface area contributed by atoms with Gasteiger partial charge in [0.25, 0.3) is 5.91 Å². The Morgan fingerprint density at radius 3 is 3.10 bits per heavy atom. The predicted molar refractivity (Wildman–Crippen MR) is 76.0 cm³/mol. The van der Waals surface area contributed by atoms with Gasteiger partial charge in [-0.2, -0.15) is 0 Å². The van der Waals surface area contributed by atoms with Crippen LogP contribution in [0.4, 0.5) is 4.39 Å². The van der Waals surface area contributed by atoms with Crippen molar-refractivity contribution in [1.82, 2.24) is 9.88 Å². The number of para-hydroxylation sites is 1. The maximum Gasteiger partial charge on any atom is 0.255 e. The van der Waals surface area contributed by atoms with E-state index < -0.39 is 0 Å². The number of amides is 1. The molecule has 2 heterocycles. The highest BCUT2D eigenvalue weighted by molar-refractivity contribution is 5.97. The Balaban J connectivity index is 1.92. The van der Waals surface area contributed by atoms with Gasteiger partial charge in [0.15, 0.2) is 0 Å². The summed E-state index contributed by atoms with van der Waals surface area (Å²) in [7, 11) is 0. The van der Waals surface area contributed by atoms with Gasteiger partial charge in [0, 0.05) is 24.7 Å². The molecular weight excluding hydrogens is 255 g/mol. The molecule has 0 spiro atoms. The Morgan fingerprint density at radius 1 is 1.45 bits per heavy atom. The van der Waals surface area contributed by atoms with Gasteiger partial charge in [0.2, 0.25) is 0 Å². The van der Waals surface area contributed by atoms with Gasteiger partial charge in [0.05, 0.1) is 5.56 Å². The molecule has 0 saturated carbocycles. The van der Waals surface area contributed by atoms with Gasteiger partial charge >= 0.3 is 0 Å². The van der Waals surface area contributed by atoms with Crippen molar-refractivity contribution < 1.29 is 9.18 Å². The number of rotatable bonds is 1. The molecule has 0 aliphatic carbocycles. The molecule has 1 saturated heterocycles. The van der Waals surface area contributed by atoms with Crippen molar-refractivity contribution in [3.05, 3.63) is 41.8 Å². The normalized spacial score (nSPS) is 19.3. The molecule has 0 N–H and O–H groups in total. The fourth-order valence-electron chi connectivity index (χ4n) is 2.80. The van der Waals surface area contributed by atoms with E-state index in [0.717, 1.165) is 19.5 Å². The van der Waals surface area contributed by atoms with E-state index >= 15 is 0 Å². The zero-order valence-electron chi connectivity index (χ0n) is 11.5. The second-order valence-corrected chi connectivity index (χ2v) is 5.53. The third-order valence-electron chi connectivity index (χ3n) is 3.85. The number of hydrogen-bond donors (Lipinski definition) is 0. The van der Waals surface area contributed by atoms with Crippen LogP contribution < -0.4 is 0 Å². The molecule has 1 atom stereocenters. The first kappa shape index (κ1) is 13.0. The summed E-state index contributed by atoms with van der Waals surface area (Å²) in [6, 6.07) is 6.52. The highest BCUT2D eigenvalue weighted by Gasteiger charge is 2.22. The Labute approximate surface area is 117 Å². The number of fused-ring (bicyclic) bond motifs is 1. The van der Waals surface area contributed by atoms with E-state index in [2.05, 4.69) is 11.9 Å². The SMILES string of the molecule is CC1CCCN(C(=O)c2cnc3c(F)cccc3c2)C1. The quantitative estimate of drug-likeness (QED) is 0.798. The molecule has 3 nitrogen and oxygen atoms in total. The number of nitrogens with zero attached hydrogens (tertiary/aromatic N) is 2. The summed E-state index contributed by atoms with van der Waals surface area (Å²) in [5.41, 5.74) is 0.855. The van der Waals surface area contributed by atoms with Gasteiger partial charge in [-0.3, -0.25) is 9.78 Å². The van der Waals surface area contributed by atoms with Gasteiger partial charge in [-0.15, -0.1) is 0 Å². The van der Waals surface area contributed by atoms with Crippen LogP contribution in [0.25, 0.3) is 10.9 Å². The Hall–Kier alpha value is -1.97. The van der Waals surface area contributed by atoms with Gasteiger partial charge in [-0.05, 0) is 30.9 Å². The first-order chi connectivity index (χ1) is 9.65. The first-order valence-corrected chi connectivity index (χ1v) is 6.98. The van der Waals surface area contributed by atoms with Crippen LogP contribution in [0.2, 0.25) is 0 Å². The second kappa shape index (κ2) is 5.19. The third-order valence-corrected chi connectivity index (χ3v) is 3.85. The number of piperidine rings is 1. The van der Waals surface area contributed by atoms with Gasteiger partial charge in [-0.1, -0.05) is 19.1 Å². The number of hydrogen-bond acceptors (Lipinski definition) is 2. The number of carbonyl (C=O) groups excluding carboxylic acids is 1. The van der Waals surface area contributed by atoms with Crippen LogP contribution >= 0.6 is 0 Å². The number of benzene rings is 1. The van der Waals surface area contributed by atoms with E-state index in [0.29, 0.717) is 22.4 Å². The molecule has 1 aromatic carbocycles. The van der Waals surface area contributed by atoms with Gasteiger partial charge in [0.1, 0.15) is 11.3 Å². The molecule has 1 aliphatic heterocycles.